The molecule has 0 saturated heterocycles. The molecular weight excluding hydrogens is 246 g/mol. The molecule has 0 aromatic carbocycles. The summed E-state index contributed by atoms with van der Waals surface area (Å²) in [5.74, 6) is -0.244. The van der Waals surface area contributed by atoms with E-state index in [0.29, 0.717) is 17.1 Å². The Morgan fingerprint density at radius 1 is 1.56 bits per heavy atom. The topological polar surface area (TPSA) is 54.9 Å². The van der Waals surface area contributed by atoms with E-state index in [4.69, 9.17) is 11.6 Å². The third-order valence-electron chi connectivity index (χ3n) is 1.93. The van der Waals surface area contributed by atoms with Crippen LogP contribution in [0.4, 0.5) is 0 Å². The summed E-state index contributed by atoms with van der Waals surface area (Å²) in [7, 11) is 0. The number of aromatic nitrogens is 2. The van der Waals surface area contributed by atoms with Crippen molar-refractivity contribution in [1.29, 1.82) is 0 Å². The van der Waals surface area contributed by atoms with Crippen LogP contribution in [0.25, 0.3) is 0 Å². The second-order valence-corrected chi connectivity index (χ2v) is 4.14. The van der Waals surface area contributed by atoms with Gasteiger partial charge in [0.05, 0.1) is 28.3 Å². The van der Waals surface area contributed by atoms with Crippen molar-refractivity contribution >= 4 is 28.8 Å². The number of carbonyl (C=O) groups is 1. The molecule has 2 rings (SSSR count). The molecule has 6 heteroatoms. The van der Waals surface area contributed by atoms with Gasteiger partial charge < -0.3 is 5.32 Å². The van der Waals surface area contributed by atoms with Crippen LogP contribution in [0.3, 0.4) is 0 Å². The van der Waals surface area contributed by atoms with Gasteiger partial charge in [0.25, 0.3) is 5.91 Å². The number of nitrogens with zero attached hydrogens (tertiary/aromatic N) is 2. The maximum atomic E-state index is 11.7. The fourth-order valence-electron chi connectivity index (χ4n) is 1.14. The lowest BCUT2D eigenvalue weighted by molar-refractivity contribution is 0.0950. The Morgan fingerprint density at radius 2 is 2.44 bits per heavy atom. The quantitative estimate of drug-likeness (QED) is 0.912. The van der Waals surface area contributed by atoms with Crippen LogP contribution in [0.2, 0.25) is 5.02 Å². The molecule has 4 nitrogen and oxygen atoms in total. The van der Waals surface area contributed by atoms with E-state index in [1.54, 1.807) is 17.8 Å². The van der Waals surface area contributed by atoms with E-state index in [0.717, 1.165) is 5.69 Å². The fraction of sp³-hybridized carbons (Fsp3) is 0.100. The van der Waals surface area contributed by atoms with Crippen LogP contribution in [-0.4, -0.2) is 15.9 Å². The fourth-order valence-corrected chi connectivity index (χ4v) is 1.88. The molecule has 0 saturated carbocycles. The Kier molecular flexibility index (Phi) is 3.48. The molecule has 16 heavy (non-hydrogen) atoms. The third-order valence-corrected chi connectivity index (χ3v) is 2.89. The number of hydrogen-bond donors (Lipinski definition) is 1. The summed E-state index contributed by atoms with van der Waals surface area (Å²) in [5.41, 5.74) is 2.93. The third kappa shape index (κ3) is 2.56. The Balaban J connectivity index is 2.01. The monoisotopic (exact) mass is 253 g/mol. The Labute approximate surface area is 101 Å². The van der Waals surface area contributed by atoms with E-state index in [9.17, 15) is 4.79 Å². The van der Waals surface area contributed by atoms with Crippen molar-refractivity contribution in [3.63, 3.8) is 0 Å². The van der Waals surface area contributed by atoms with Crippen molar-refractivity contribution in [1.82, 2.24) is 15.3 Å². The molecule has 0 aliphatic heterocycles. The lowest BCUT2D eigenvalue weighted by Crippen LogP contribution is -2.23. The Morgan fingerprint density at radius 3 is 3.12 bits per heavy atom. The molecule has 82 valence electrons. The zero-order valence-corrected chi connectivity index (χ0v) is 9.76. The largest absolute Gasteiger partial charge is 0.346 e. The SMILES string of the molecule is O=C(NCc1cscn1)c1cnccc1Cl. The molecule has 0 unspecified atom stereocenters. The van der Waals surface area contributed by atoms with Crippen LogP contribution < -0.4 is 5.32 Å². The summed E-state index contributed by atoms with van der Waals surface area (Å²) in [6.07, 6.45) is 2.98. The minimum absolute atomic E-state index is 0.244. The van der Waals surface area contributed by atoms with Crippen molar-refractivity contribution < 1.29 is 4.79 Å². The second-order valence-electron chi connectivity index (χ2n) is 3.02. The Hall–Kier alpha value is -1.46. The molecule has 2 aromatic heterocycles. The molecule has 1 N–H and O–H groups in total. The molecule has 0 radical (unpaired) electrons. The molecule has 0 atom stereocenters. The summed E-state index contributed by atoms with van der Waals surface area (Å²) in [6, 6.07) is 1.58. The van der Waals surface area contributed by atoms with Gasteiger partial charge in [-0.05, 0) is 6.07 Å². The zero-order chi connectivity index (χ0) is 11.4. The number of nitrogens with one attached hydrogen (secondary N) is 1. The van der Waals surface area contributed by atoms with Gasteiger partial charge in [-0.25, -0.2) is 4.98 Å². The molecular formula is C10H8ClN3OS. The first-order valence-electron chi connectivity index (χ1n) is 4.52. The van der Waals surface area contributed by atoms with Crippen molar-refractivity contribution in [3.05, 3.63) is 45.6 Å². The van der Waals surface area contributed by atoms with Crippen LogP contribution in [-0.2, 0) is 6.54 Å². The first-order chi connectivity index (χ1) is 7.77. The van der Waals surface area contributed by atoms with Crippen molar-refractivity contribution in [2.45, 2.75) is 6.54 Å². The maximum absolute atomic E-state index is 11.7. The number of thiazole rings is 1. The normalized spacial score (nSPS) is 10.1. The Bertz CT molecular complexity index is 487. The highest BCUT2D eigenvalue weighted by Crippen LogP contribution is 2.13. The van der Waals surface area contributed by atoms with Gasteiger partial charge in [0.1, 0.15) is 0 Å². The lowest BCUT2D eigenvalue weighted by atomic mass is 10.2. The highest BCUT2D eigenvalue weighted by Gasteiger charge is 2.09. The number of rotatable bonds is 3. The van der Waals surface area contributed by atoms with Crippen LogP contribution in [0, 0.1) is 0 Å². The summed E-state index contributed by atoms with van der Waals surface area (Å²) in [4.78, 5) is 19.6. The number of amides is 1. The van der Waals surface area contributed by atoms with Crippen molar-refractivity contribution in [2.24, 2.45) is 0 Å². The van der Waals surface area contributed by atoms with Crippen molar-refractivity contribution in [3.8, 4) is 0 Å². The smallest absolute Gasteiger partial charge is 0.254 e. The van der Waals surface area contributed by atoms with Gasteiger partial charge >= 0.3 is 0 Å². The van der Waals surface area contributed by atoms with Crippen molar-refractivity contribution in [2.75, 3.05) is 0 Å². The highest BCUT2D eigenvalue weighted by molar-refractivity contribution is 7.07. The molecule has 0 fully saturated rings. The van der Waals surface area contributed by atoms with Gasteiger partial charge in [0.2, 0.25) is 0 Å². The minimum Gasteiger partial charge on any atom is -0.346 e. The summed E-state index contributed by atoms with van der Waals surface area (Å²) in [6.45, 7) is 0.396. The second kappa shape index (κ2) is 5.05. The summed E-state index contributed by atoms with van der Waals surface area (Å²) in [5, 5.41) is 5.00. The van der Waals surface area contributed by atoms with E-state index in [2.05, 4.69) is 15.3 Å². The molecule has 0 spiro atoms. The molecule has 2 aromatic rings. The van der Waals surface area contributed by atoms with Gasteiger partial charge in [-0.1, -0.05) is 11.6 Å². The van der Waals surface area contributed by atoms with Crippen LogP contribution >= 0.6 is 22.9 Å². The van der Waals surface area contributed by atoms with Crippen LogP contribution in [0.1, 0.15) is 16.1 Å². The molecule has 1 amide bonds. The van der Waals surface area contributed by atoms with E-state index < -0.39 is 0 Å². The van der Waals surface area contributed by atoms with Crippen LogP contribution in [0.15, 0.2) is 29.4 Å². The minimum atomic E-state index is -0.244. The van der Waals surface area contributed by atoms with Gasteiger partial charge in [-0.15, -0.1) is 11.3 Å². The van der Waals surface area contributed by atoms with E-state index >= 15 is 0 Å². The summed E-state index contributed by atoms with van der Waals surface area (Å²) >= 11 is 7.35. The predicted molar refractivity (Wildman–Crippen MR) is 62.5 cm³/mol. The highest BCUT2D eigenvalue weighted by atomic mass is 35.5. The number of hydrogen-bond acceptors (Lipinski definition) is 4. The number of halogens is 1. The standard InChI is InChI=1S/C10H8ClN3OS/c11-9-1-2-12-4-8(9)10(15)13-3-7-5-16-6-14-7/h1-2,4-6H,3H2,(H,13,15). The van der Waals surface area contributed by atoms with Gasteiger partial charge in [-0.2, -0.15) is 0 Å². The lowest BCUT2D eigenvalue weighted by Gasteiger charge is -2.04. The first-order valence-corrected chi connectivity index (χ1v) is 5.84. The van der Waals surface area contributed by atoms with E-state index in [-0.39, 0.29) is 5.91 Å². The number of pyridine rings is 1. The summed E-state index contributed by atoms with van der Waals surface area (Å²) < 4.78 is 0. The van der Waals surface area contributed by atoms with Gasteiger partial charge in [0.15, 0.2) is 0 Å². The average molecular weight is 254 g/mol. The predicted octanol–water partition coefficient (Wildman–Crippen LogP) is 2.12. The molecule has 0 aliphatic carbocycles. The zero-order valence-electron chi connectivity index (χ0n) is 8.18. The van der Waals surface area contributed by atoms with E-state index in [1.165, 1.54) is 17.5 Å². The van der Waals surface area contributed by atoms with Crippen LogP contribution in [0.5, 0.6) is 0 Å². The maximum Gasteiger partial charge on any atom is 0.254 e. The number of carbonyl (C=O) groups excluding carboxylic acids is 1. The molecule has 0 bridgehead atoms. The molecule has 0 aliphatic rings. The van der Waals surface area contributed by atoms with Gasteiger partial charge in [-0.3, -0.25) is 9.78 Å². The van der Waals surface area contributed by atoms with E-state index in [1.807, 2.05) is 5.38 Å². The first kappa shape index (κ1) is 11.0. The van der Waals surface area contributed by atoms with Gasteiger partial charge in [0, 0.05) is 17.8 Å². The average Bonchev–Trinajstić information content (AvgIpc) is 2.79. The molecule has 2 heterocycles.